The van der Waals surface area contributed by atoms with Gasteiger partial charge >= 0.3 is 0 Å². The van der Waals surface area contributed by atoms with Gasteiger partial charge in [0.05, 0.1) is 18.2 Å². The third-order valence-corrected chi connectivity index (χ3v) is 2.79. The van der Waals surface area contributed by atoms with Crippen molar-refractivity contribution in [2.75, 3.05) is 19.0 Å². The summed E-state index contributed by atoms with van der Waals surface area (Å²) in [6.45, 7) is 0.380. The molecule has 0 spiro atoms. The van der Waals surface area contributed by atoms with Crippen LogP contribution in [0.25, 0.3) is 0 Å². The predicted molar refractivity (Wildman–Crippen MR) is 63.3 cm³/mol. The lowest BCUT2D eigenvalue weighted by Crippen LogP contribution is -2.39. The number of benzene rings is 1. The van der Waals surface area contributed by atoms with Gasteiger partial charge in [-0.05, 0) is 12.1 Å². The highest BCUT2D eigenvalue weighted by Crippen LogP contribution is 2.06. The third-order valence-electron chi connectivity index (χ3n) is 2.01. The molecular weight excluding hydrogens is 277 g/mol. The number of hydrogen-bond acceptors (Lipinski definition) is 2. The van der Waals surface area contributed by atoms with Crippen LogP contribution in [-0.2, 0) is 4.74 Å². The number of carbonyl (C=O) groups excluding carboxylic acids is 1. The van der Waals surface area contributed by atoms with Gasteiger partial charge in [-0.1, -0.05) is 28.1 Å². The summed E-state index contributed by atoms with van der Waals surface area (Å²) in [5, 5.41) is 3.23. The maximum Gasteiger partial charge on any atom is 0.254 e. The van der Waals surface area contributed by atoms with E-state index in [0.717, 1.165) is 0 Å². The molecule has 0 bridgehead atoms. The standard InChI is InChI=1S/C11H13BrFNO2/c1-16-7-8(6-12)14-11(15)9-4-2-3-5-10(9)13/h2-5,8H,6-7H2,1H3,(H,14,15). The molecule has 5 heteroatoms. The molecule has 0 saturated heterocycles. The van der Waals surface area contributed by atoms with Gasteiger partial charge < -0.3 is 10.1 Å². The third kappa shape index (κ3) is 3.57. The van der Waals surface area contributed by atoms with Crippen LogP contribution in [-0.4, -0.2) is 31.0 Å². The van der Waals surface area contributed by atoms with E-state index in [9.17, 15) is 9.18 Å². The molecule has 0 radical (unpaired) electrons. The normalized spacial score (nSPS) is 12.2. The molecule has 0 aliphatic carbocycles. The second-order valence-electron chi connectivity index (χ2n) is 3.26. The summed E-state index contributed by atoms with van der Waals surface area (Å²) in [6.07, 6.45) is 0. The molecule has 1 unspecified atom stereocenters. The van der Waals surface area contributed by atoms with E-state index in [1.807, 2.05) is 0 Å². The van der Waals surface area contributed by atoms with E-state index in [-0.39, 0.29) is 11.6 Å². The van der Waals surface area contributed by atoms with Crippen LogP contribution in [0.4, 0.5) is 4.39 Å². The van der Waals surface area contributed by atoms with Crippen LogP contribution in [0.1, 0.15) is 10.4 Å². The van der Waals surface area contributed by atoms with Crippen LogP contribution in [0.15, 0.2) is 24.3 Å². The minimum Gasteiger partial charge on any atom is -0.383 e. The Kier molecular flexibility index (Phi) is 5.42. The van der Waals surface area contributed by atoms with Gasteiger partial charge in [0, 0.05) is 12.4 Å². The molecule has 1 amide bonds. The van der Waals surface area contributed by atoms with E-state index in [1.54, 1.807) is 19.2 Å². The Morgan fingerprint density at radius 1 is 1.56 bits per heavy atom. The quantitative estimate of drug-likeness (QED) is 0.842. The molecule has 0 fully saturated rings. The average Bonchev–Trinajstić information content (AvgIpc) is 2.28. The van der Waals surface area contributed by atoms with Crippen molar-refractivity contribution in [1.82, 2.24) is 5.32 Å². The van der Waals surface area contributed by atoms with Crippen molar-refractivity contribution in [3.8, 4) is 0 Å². The zero-order valence-electron chi connectivity index (χ0n) is 8.87. The van der Waals surface area contributed by atoms with Crippen molar-refractivity contribution in [1.29, 1.82) is 0 Å². The molecule has 0 aliphatic heterocycles. The van der Waals surface area contributed by atoms with Gasteiger partial charge in [0.2, 0.25) is 0 Å². The van der Waals surface area contributed by atoms with E-state index >= 15 is 0 Å². The molecule has 0 aliphatic rings. The summed E-state index contributed by atoms with van der Waals surface area (Å²) < 4.78 is 18.2. The van der Waals surface area contributed by atoms with Crippen LogP contribution in [0, 0.1) is 5.82 Å². The van der Waals surface area contributed by atoms with Crippen molar-refractivity contribution >= 4 is 21.8 Å². The van der Waals surface area contributed by atoms with Crippen LogP contribution in [0.3, 0.4) is 0 Å². The maximum atomic E-state index is 13.3. The van der Waals surface area contributed by atoms with Gasteiger partial charge in [-0.15, -0.1) is 0 Å². The fraction of sp³-hybridized carbons (Fsp3) is 0.364. The fourth-order valence-electron chi connectivity index (χ4n) is 1.23. The first-order chi connectivity index (χ1) is 7.69. The Hall–Kier alpha value is -0.940. The number of rotatable bonds is 5. The number of alkyl halides is 1. The van der Waals surface area contributed by atoms with Crippen LogP contribution in [0.2, 0.25) is 0 Å². The van der Waals surface area contributed by atoms with Crippen molar-refractivity contribution in [2.45, 2.75) is 6.04 Å². The summed E-state index contributed by atoms with van der Waals surface area (Å²) >= 11 is 3.25. The number of nitrogens with one attached hydrogen (secondary N) is 1. The Bertz CT molecular complexity index is 360. The first-order valence-corrected chi connectivity index (χ1v) is 5.91. The van der Waals surface area contributed by atoms with Gasteiger partial charge in [-0.25, -0.2) is 4.39 Å². The monoisotopic (exact) mass is 289 g/mol. The van der Waals surface area contributed by atoms with Gasteiger partial charge in [-0.2, -0.15) is 0 Å². The van der Waals surface area contributed by atoms with E-state index in [0.29, 0.717) is 11.9 Å². The molecule has 1 atom stereocenters. The summed E-state index contributed by atoms with van der Waals surface area (Å²) in [5.74, 6) is -0.953. The van der Waals surface area contributed by atoms with Gasteiger partial charge in [0.25, 0.3) is 5.91 Å². The minimum absolute atomic E-state index is 0.0459. The summed E-state index contributed by atoms with van der Waals surface area (Å²) in [6, 6.07) is 5.70. The lowest BCUT2D eigenvalue weighted by Gasteiger charge is -2.15. The van der Waals surface area contributed by atoms with Crippen molar-refractivity contribution < 1.29 is 13.9 Å². The Labute approximate surface area is 102 Å². The Balaban J connectivity index is 2.68. The molecule has 1 rings (SSSR count). The molecule has 3 nitrogen and oxygen atoms in total. The summed E-state index contributed by atoms with van der Waals surface area (Å²) in [4.78, 5) is 11.7. The molecule has 1 aromatic carbocycles. The Morgan fingerprint density at radius 2 is 2.25 bits per heavy atom. The number of hydrogen-bond donors (Lipinski definition) is 1. The number of ether oxygens (including phenoxy) is 1. The first-order valence-electron chi connectivity index (χ1n) is 4.79. The topological polar surface area (TPSA) is 38.3 Å². The fourth-order valence-corrected chi connectivity index (χ4v) is 1.58. The van der Waals surface area contributed by atoms with E-state index in [1.165, 1.54) is 12.1 Å². The molecular formula is C11H13BrFNO2. The second-order valence-corrected chi connectivity index (χ2v) is 3.91. The second kappa shape index (κ2) is 6.60. The van der Waals surface area contributed by atoms with E-state index in [4.69, 9.17) is 4.74 Å². The van der Waals surface area contributed by atoms with Crippen LogP contribution in [0.5, 0.6) is 0 Å². The highest BCUT2D eigenvalue weighted by atomic mass is 79.9. The number of halogens is 2. The molecule has 88 valence electrons. The smallest absolute Gasteiger partial charge is 0.254 e. The SMILES string of the molecule is COCC(CBr)NC(=O)c1ccccc1F. The van der Waals surface area contributed by atoms with E-state index in [2.05, 4.69) is 21.2 Å². The van der Waals surface area contributed by atoms with Crippen molar-refractivity contribution in [2.24, 2.45) is 0 Å². The van der Waals surface area contributed by atoms with E-state index < -0.39 is 11.7 Å². The Morgan fingerprint density at radius 3 is 2.81 bits per heavy atom. The molecule has 1 N–H and O–H groups in total. The lowest BCUT2D eigenvalue weighted by molar-refractivity contribution is 0.0904. The lowest BCUT2D eigenvalue weighted by atomic mass is 10.2. The number of methoxy groups -OCH3 is 1. The van der Waals surface area contributed by atoms with Gasteiger partial charge in [0.1, 0.15) is 5.82 Å². The maximum absolute atomic E-state index is 13.3. The van der Waals surface area contributed by atoms with Crippen LogP contribution < -0.4 is 5.32 Å². The molecule has 0 aromatic heterocycles. The van der Waals surface area contributed by atoms with Crippen LogP contribution >= 0.6 is 15.9 Å². The predicted octanol–water partition coefficient (Wildman–Crippen LogP) is 1.97. The molecule has 16 heavy (non-hydrogen) atoms. The molecule has 0 saturated carbocycles. The number of amides is 1. The summed E-state index contributed by atoms with van der Waals surface area (Å²) in [5.41, 5.74) is 0.0459. The minimum atomic E-state index is -0.522. The zero-order chi connectivity index (χ0) is 12.0. The van der Waals surface area contributed by atoms with Gasteiger partial charge in [0.15, 0.2) is 0 Å². The van der Waals surface area contributed by atoms with Gasteiger partial charge in [-0.3, -0.25) is 4.79 Å². The highest BCUT2D eigenvalue weighted by molar-refractivity contribution is 9.09. The van der Waals surface area contributed by atoms with Crippen molar-refractivity contribution in [3.63, 3.8) is 0 Å². The average molecular weight is 290 g/mol. The first kappa shape index (κ1) is 13.1. The highest BCUT2D eigenvalue weighted by Gasteiger charge is 2.15. The molecule has 1 aromatic rings. The summed E-state index contributed by atoms with van der Waals surface area (Å²) in [7, 11) is 1.55. The molecule has 0 heterocycles. The zero-order valence-corrected chi connectivity index (χ0v) is 10.5. The van der Waals surface area contributed by atoms with Crippen molar-refractivity contribution in [3.05, 3.63) is 35.6 Å². The number of carbonyl (C=O) groups is 1. The largest absolute Gasteiger partial charge is 0.383 e.